The summed E-state index contributed by atoms with van der Waals surface area (Å²) in [7, 11) is 0. The summed E-state index contributed by atoms with van der Waals surface area (Å²) in [5.74, 6) is 0.734. The van der Waals surface area contributed by atoms with Gasteiger partial charge in [-0.15, -0.1) is 0 Å². The Balaban J connectivity index is 1.53. The molecule has 94 valence electrons. The van der Waals surface area contributed by atoms with Crippen LogP contribution in [0.15, 0.2) is 24.3 Å². The number of anilines is 1. The normalized spacial score (nSPS) is 23.8. The second-order valence-electron chi connectivity index (χ2n) is 5.42. The zero-order chi connectivity index (χ0) is 12.4. The first-order valence-electron chi connectivity index (χ1n) is 6.84. The second kappa shape index (κ2) is 4.99. The molecule has 1 aliphatic heterocycles. The number of hydrogen-bond acceptors (Lipinski definition) is 3. The predicted molar refractivity (Wildman–Crippen MR) is 72.3 cm³/mol. The van der Waals surface area contributed by atoms with Crippen molar-refractivity contribution in [1.29, 1.82) is 5.26 Å². The Kier molecular flexibility index (Phi) is 3.21. The number of benzene rings is 1. The molecule has 3 nitrogen and oxygen atoms in total. The van der Waals surface area contributed by atoms with Gasteiger partial charge in [0, 0.05) is 19.1 Å². The molecule has 3 rings (SSSR count). The molecule has 0 spiro atoms. The number of nitrogens with zero attached hydrogens (tertiary/aromatic N) is 2. The summed E-state index contributed by atoms with van der Waals surface area (Å²) >= 11 is 0. The highest BCUT2D eigenvalue weighted by Gasteiger charge is 2.34. The van der Waals surface area contributed by atoms with E-state index >= 15 is 0 Å². The molecule has 2 fully saturated rings. The maximum Gasteiger partial charge on any atom is 0.101 e. The van der Waals surface area contributed by atoms with E-state index in [1.807, 2.05) is 24.3 Å². The molecule has 1 heterocycles. The number of hydrogen-bond donors (Lipinski definition) is 1. The van der Waals surface area contributed by atoms with Gasteiger partial charge in [0.15, 0.2) is 0 Å². The fourth-order valence-corrected chi connectivity index (χ4v) is 2.79. The lowest BCUT2D eigenvalue weighted by Crippen LogP contribution is -2.24. The van der Waals surface area contributed by atoms with Crippen molar-refractivity contribution < 1.29 is 0 Å². The molecule has 0 bridgehead atoms. The average Bonchev–Trinajstić information content (AvgIpc) is 3.16. The molecular formula is C15H19N3. The lowest BCUT2D eigenvalue weighted by molar-refractivity contribution is 0.316. The highest BCUT2D eigenvalue weighted by atomic mass is 15.2. The zero-order valence-corrected chi connectivity index (χ0v) is 10.6. The highest BCUT2D eigenvalue weighted by Crippen LogP contribution is 2.31. The second-order valence-corrected chi connectivity index (χ2v) is 5.42. The van der Waals surface area contributed by atoms with E-state index in [0.717, 1.165) is 29.8 Å². The molecule has 1 aliphatic carbocycles. The first-order valence-corrected chi connectivity index (χ1v) is 6.84. The smallest absolute Gasteiger partial charge is 0.101 e. The topological polar surface area (TPSA) is 39.1 Å². The Morgan fingerprint density at radius 1 is 1.28 bits per heavy atom. The van der Waals surface area contributed by atoms with Crippen molar-refractivity contribution in [3.63, 3.8) is 0 Å². The lowest BCUT2D eigenvalue weighted by Gasteiger charge is -2.16. The molecule has 1 saturated carbocycles. The Morgan fingerprint density at radius 2 is 2.11 bits per heavy atom. The maximum atomic E-state index is 9.04. The van der Waals surface area contributed by atoms with E-state index in [1.165, 1.54) is 32.4 Å². The Bertz CT molecular complexity index is 459. The van der Waals surface area contributed by atoms with Gasteiger partial charge in [-0.2, -0.15) is 5.26 Å². The van der Waals surface area contributed by atoms with Crippen molar-refractivity contribution in [3.05, 3.63) is 29.8 Å². The number of nitrogens with one attached hydrogen (secondary N) is 1. The minimum Gasteiger partial charge on any atom is -0.384 e. The summed E-state index contributed by atoms with van der Waals surface area (Å²) in [5.41, 5.74) is 1.72. The van der Waals surface area contributed by atoms with Gasteiger partial charge in [-0.05, 0) is 43.9 Å². The summed E-state index contributed by atoms with van der Waals surface area (Å²) in [6.07, 6.45) is 4.09. The minimum atomic E-state index is 0.734. The van der Waals surface area contributed by atoms with Crippen LogP contribution in [-0.2, 0) is 0 Å². The Hall–Kier alpha value is -1.53. The van der Waals surface area contributed by atoms with Gasteiger partial charge in [-0.25, -0.2) is 0 Å². The van der Waals surface area contributed by atoms with Gasteiger partial charge >= 0.3 is 0 Å². The Labute approximate surface area is 108 Å². The quantitative estimate of drug-likeness (QED) is 0.880. The van der Waals surface area contributed by atoms with Crippen LogP contribution in [-0.4, -0.2) is 30.6 Å². The SMILES string of the molecule is N#Cc1ccccc1NCC1CCN(C2CC2)C1. The predicted octanol–water partition coefficient (Wildman–Crippen LogP) is 2.45. The van der Waals surface area contributed by atoms with Crippen LogP contribution in [0.2, 0.25) is 0 Å². The van der Waals surface area contributed by atoms with Gasteiger partial charge in [-0.1, -0.05) is 12.1 Å². The number of para-hydroxylation sites is 1. The molecular weight excluding hydrogens is 222 g/mol. The molecule has 1 aromatic carbocycles. The molecule has 3 heteroatoms. The van der Waals surface area contributed by atoms with E-state index in [0.29, 0.717) is 0 Å². The first kappa shape index (κ1) is 11.6. The molecule has 1 N–H and O–H groups in total. The fourth-order valence-electron chi connectivity index (χ4n) is 2.79. The summed E-state index contributed by atoms with van der Waals surface area (Å²) in [4.78, 5) is 2.63. The van der Waals surface area contributed by atoms with Crippen LogP contribution in [0.25, 0.3) is 0 Å². The van der Waals surface area contributed by atoms with Gasteiger partial charge in [0.25, 0.3) is 0 Å². The fraction of sp³-hybridized carbons (Fsp3) is 0.533. The zero-order valence-electron chi connectivity index (χ0n) is 10.6. The molecule has 1 saturated heterocycles. The van der Waals surface area contributed by atoms with Crippen molar-refractivity contribution in [2.24, 2.45) is 5.92 Å². The summed E-state index contributed by atoms with van der Waals surface area (Å²) < 4.78 is 0. The van der Waals surface area contributed by atoms with E-state index in [9.17, 15) is 0 Å². The van der Waals surface area contributed by atoms with Gasteiger partial charge in [-0.3, -0.25) is 0 Å². The van der Waals surface area contributed by atoms with Crippen molar-refractivity contribution >= 4 is 5.69 Å². The average molecular weight is 241 g/mol. The summed E-state index contributed by atoms with van der Waals surface area (Å²) in [6.45, 7) is 3.48. The summed E-state index contributed by atoms with van der Waals surface area (Å²) in [6, 6.07) is 10.9. The maximum absolute atomic E-state index is 9.04. The van der Waals surface area contributed by atoms with Crippen molar-refractivity contribution in [3.8, 4) is 6.07 Å². The van der Waals surface area contributed by atoms with Crippen molar-refractivity contribution in [2.75, 3.05) is 25.0 Å². The number of likely N-dealkylation sites (tertiary alicyclic amines) is 1. The van der Waals surface area contributed by atoms with Crippen LogP contribution in [0.1, 0.15) is 24.8 Å². The van der Waals surface area contributed by atoms with Crippen LogP contribution in [0, 0.1) is 17.2 Å². The van der Waals surface area contributed by atoms with Gasteiger partial charge in [0.2, 0.25) is 0 Å². The molecule has 1 aromatic rings. The third-order valence-electron chi connectivity index (χ3n) is 4.01. The third kappa shape index (κ3) is 2.49. The van der Waals surface area contributed by atoms with Crippen LogP contribution < -0.4 is 5.32 Å². The first-order chi connectivity index (χ1) is 8.86. The number of nitriles is 1. The molecule has 1 atom stereocenters. The van der Waals surface area contributed by atoms with E-state index in [1.54, 1.807) is 0 Å². The monoisotopic (exact) mass is 241 g/mol. The van der Waals surface area contributed by atoms with Crippen LogP contribution in [0.3, 0.4) is 0 Å². The van der Waals surface area contributed by atoms with Crippen molar-refractivity contribution in [2.45, 2.75) is 25.3 Å². The summed E-state index contributed by atoms with van der Waals surface area (Å²) in [5, 5.41) is 12.5. The molecule has 1 unspecified atom stereocenters. The molecule has 0 radical (unpaired) electrons. The van der Waals surface area contributed by atoms with Gasteiger partial charge in [0.05, 0.1) is 11.3 Å². The van der Waals surface area contributed by atoms with Crippen LogP contribution in [0.5, 0.6) is 0 Å². The van der Waals surface area contributed by atoms with E-state index in [4.69, 9.17) is 5.26 Å². The standard InChI is InChI=1S/C15H19N3/c16-9-13-3-1-2-4-15(13)17-10-12-7-8-18(11-12)14-5-6-14/h1-4,12,14,17H,5-8,10-11H2. The van der Waals surface area contributed by atoms with Crippen molar-refractivity contribution in [1.82, 2.24) is 4.90 Å². The number of rotatable bonds is 4. The van der Waals surface area contributed by atoms with E-state index in [2.05, 4.69) is 16.3 Å². The molecule has 0 amide bonds. The molecule has 0 aromatic heterocycles. The Morgan fingerprint density at radius 3 is 2.89 bits per heavy atom. The lowest BCUT2D eigenvalue weighted by atomic mass is 10.1. The largest absolute Gasteiger partial charge is 0.384 e. The van der Waals surface area contributed by atoms with Gasteiger partial charge in [0.1, 0.15) is 6.07 Å². The van der Waals surface area contributed by atoms with Crippen LogP contribution in [0.4, 0.5) is 5.69 Å². The minimum absolute atomic E-state index is 0.734. The van der Waals surface area contributed by atoms with E-state index < -0.39 is 0 Å². The molecule has 2 aliphatic rings. The molecule has 18 heavy (non-hydrogen) atoms. The highest BCUT2D eigenvalue weighted by molar-refractivity contribution is 5.57. The van der Waals surface area contributed by atoms with E-state index in [-0.39, 0.29) is 0 Å². The third-order valence-corrected chi connectivity index (χ3v) is 4.01. The van der Waals surface area contributed by atoms with Gasteiger partial charge < -0.3 is 10.2 Å². The van der Waals surface area contributed by atoms with Crippen LogP contribution >= 0.6 is 0 Å².